The second kappa shape index (κ2) is 5.36. The molecule has 1 aliphatic heterocycles. The molecule has 20 heavy (non-hydrogen) atoms. The van der Waals surface area contributed by atoms with E-state index >= 15 is 0 Å². The van der Waals surface area contributed by atoms with E-state index in [4.69, 9.17) is 0 Å². The van der Waals surface area contributed by atoms with Crippen molar-refractivity contribution in [1.29, 1.82) is 0 Å². The van der Waals surface area contributed by atoms with Crippen molar-refractivity contribution < 1.29 is 4.79 Å². The Balaban J connectivity index is 1.77. The fourth-order valence-electron chi connectivity index (χ4n) is 2.30. The van der Waals surface area contributed by atoms with Crippen LogP contribution in [0.25, 0.3) is 11.0 Å². The third-order valence-electron chi connectivity index (χ3n) is 3.61. The maximum atomic E-state index is 12.4. The van der Waals surface area contributed by atoms with Crippen LogP contribution in [0.2, 0.25) is 0 Å². The lowest BCUT2D eigenvalue weighted by Gasteiger charge is -2.27. The van der Waals surface area contributed by atoms with Gasteiger partial charge in [-0.15, -0.1) is 5.10 Å². The summed E-state index contributed by atoms with van der Waals surface area (Å²) in [6, 6.07) is 7.67. The summed E-state index contributed by atoms with van der Waals surface area (Å²) in [6.45, 7) is 3.75. The number of nitrogens with zero attached hydrogens (tertiary/aromatic N) is 4. The largest absolute Gasteiger partial charge is 0.336 e. The van der Waals surface area contributed by atoms with Crippen LogP contribution in [0.4, 0.5) is 0 Å². The number of carbonyl (C=O) groups excluding carboxylic acids is 1. The van der Waals surface area contributed by atoms with Crippen molar-refractivity contribution in [1.82, 2.24) is 19.9 Å². The molecule has 0 atom stereocenters. The zero-order chi connectivity index (χ0) is 14.1. The first-order valence-electron chi connectivity index (χ1n) is 6.55. The summed E-state index contributed by atoms with van der Waals surface area (Å²) < 4.78 is 2.78. The van der Waals surface area contributed by atoms with Gasteiger partial charge in [-0.05, 0) is 25.5 Å². The predicted molar refractivity (Wildman–Crippen MR) is 80.4 cm³/mol. The third-order valence-corrected chi connectivity index (χ3v) is 4.54. The highest BCUT2D eigenvalue weighted by Crippen LogP contribution is 2.22. The number of halogens is 1. The van der Waals surface area contributed by atoms with E-state index in [0.29, 0.717) is 6.54 Å². The second-order valence-corrected chi connectivity index (χ2v) is 5.94. The lowest BCUT2D eigenvalue weighted by molar-refractivity contribution is -0.131. The first kappa shape index (κ1) is 13.3. The normalized spacial score (nSPS) is 16.0. The number of carbonyl (C=O) groups is 1. The molecule has 0 aliphatic carbocycles. The average molecular weight is 335 g/mol. The highest BCUT2D eigenvalue weighted by atomic mass is 79.9. The van der Waals surface area contributed by atoms with E-state index in [2.05, 4.69) is 33.2 Å². The minimum atomic E-state index is 0.0742. The highest BCUT2D eigenvalue weighted by molar-refractivity contribution is 9.11. The van der Waals surface area contributed by atoms with Gasteiger partial charge in [-0.1, -0.05) is 38.8 Å². The number of hydrogen-bond donors (Lipinski definition) is 0. The van der Waals surface area contributed by atoms with Crippen LogP contribution >= 0.6 is 15.9 Å². The number of rotatable bonds is 2. The van der Waals surface area contributed by atoms with Gasteiger partial charge in [0.25, 0.3) is 0 Å². The topological polar surface area (TPSA) is 51.0 Å². The molecular weight excluding hydrogens is 320 g/mol. The van der Waals surface area contributed by atoms with Crippen molar-refractivity contribution in [2.24, 2.45) is 0 Å². The Morgan fingerprint density at radius 3 is 3.00 bits per heavy atom. The zero-order valence-corrected chi connectivity index (χ0v) is 12.8. The number of fused-ring (bicyclic) bond motifs is 1. The first-order chi connectivity index (χ1) is 9.65. The van der Waals surface area contributed by atoms with Gasteiger partial charge in [-0.2, -0.15) is 0 Å². The van der Waals surface area contributed by atoms with Gasteiger partial charge in [-0.3, -0.25) is 4.79 Å². The molecule has 0 saturated carbocycles. The van der Waals surface area contributed by atoms with Crippen LogP contribution in [-0.4, -0.2) is 38.9 Å². The SMILES string of the molecule is CC1=C(Br)CN(C(=O)Cn2nnc3ccccc32)CC1. The molecule has 0 unspecified atom stereocenters. The van der Waals surface area contributed by atoms with Crippen molar-refractivity contribution in [3.63, 3.8) is 0 Å². The molecule has 0 bridgehead atoms. The van der Waals surface area contributed by atoms with Crippen LogP contribution in [0.3, 0.4) is 0 Å². The third kappa shape index (κ3) is 2.47. The molecule has 1 aliphatic rings. The molecule has 6 heteroatoms. The van der Waals surface area contributed by atoms with Crippen LogP contribution in [0, 0.1) is 0 Å². The van der Waals surface area contributed by atoms with Crippen molar-refractivity contribution in [2.75, 3.05) is 13.1 Å². The average Bonchev–Trinajstić information content (AvgIpc) is 2.85. The van der Waals surface area contributed by atoms with E-state index in [-0.39, 0.29) is 12.5 Å². The Labute approximate surface area is 125 Å². The summed E-state index contributed by atoms with van der Waals surface area (Å²) >= 11 is 3.53. The van der Waals surface area contributed by atoms with E-state index in [9.17, 15) is 4.79 Å². The maximum Gasteiger partial charge on any atom is 0.244 e. The standard InChI is InChI=1S/C14H15BrN4O/c1-10-6-7-18(8-11(10)15)14(20)9-19-13-5-3-2-4-12(13)16-17-19/h2-5H,6-9H2,1H3. The molecule has 1 amide bonds. The molecular formula is C14H15BrN4O. The summed E-state index contributed by atoms with van der Waals surface area (Å²) in [5.74, 6) is 0.0742. The molecule has 1 aromatic carbocycles. The highest BCUT2D eigenvalue weighted by Gasteiger charge is 2.20. The van der Waals surface area contributed by atoms with Crippen molar-refractivity contribution in [3.8, 4) is 0 Å². The monoisotopic (exact) mass is 334 g/mol. The Kier molecular flexibility index (Phi) is 3.56. The van der Waals surface area contributed by atoms with Gasteiger partial charge in [0.2, 0.25) is 5.91 Å². The Morgan fingerprint density at radius 2 is 2.20 bits per heavy atom. The van der Waals surface area contributed by atoms with Gasteiger partial charge in [0.1, 0.15) is 12.1 Å². The number of hydrogen-bond acceptors (Lipinski definition) is 3. The molecule has 104 valence electrons. The smallest absolute Gasteiger partial charge is 0.244 e. The number of para-hydroxylation sites is 1. The first-order valence-corrected chi connectivity index (χ1v) is 7.34. The molecule has 0 fully saturated rings. The van der Waals surface area contributed by atoms with Gasteiger partial charge in [0, 0.05) is 11.0 Å². The van der Waals surface area contributed by atoms with E-state index in [1.165, 1.54) is 5.57 Å². The summed E-state index contributed by atoms with van der Waals surface area (Å²) in [5.41, 5.74) is 3.03. The Bertz CT molecular complexity index is 691. The second-order valence-electron chi connectivity index (χ2n) is 4.99. The van der Waals surface area contributed by atoms with Crippen molar-refractivity contribution in [3.05, 3.63) is 34.3 Å². The van der Waals surface area contributed by atoms with Crippen LogP contribution < -0.4 is 0 Å². The zero-order valence-electron chi connectivity index (χ0n) is 11.2. The lowest BCUT2D eigenvalue weighted by atomic mass is 10.1. The van der Waals surface area contributed by atoms with Crippen LogP contribution in [-0.2, 0) is 11.3 Å². The minimum Gasteiger partial charge on any atom is -0.336 e. The summed E-state index contributed by atoms with van der Waals surface area (Å²) in [6.07, 6.45) is 0.921. The summed E-state index contributed by atoms with van der Waals surface area (Å²) in [4.78, 5) is 14.2. The van der Waals surface area contributed by atoms with Crippen molar-refractivity contribution >= 4 is 32.9 Å². The van der Waals surface area contributed by atoms with Gasteiger partial charge in [0.15, 0.2) is 0 Å². The molecule has 3 rings (SSSR count). The molecule has 1 aromatic heterocycles. The molecule has 2 heterocycles. The van der Waals surface area contributed by atoms with Crippen LogP contribution in [0.5, 0.6) is 0 Å². The summed E-state index contributed by atoms with van der Waals surface area (Å²) in [5, 5.41) is 8.13. The van der Waals surface area contributed by atoms with Gasteiger partial charge in [0.05, 0.1) is 12.1 Å². The van der Waals surface area contributed by atoms with E-state index in [1.54, 1.807) is 4.68 Å². The quantitative estimate of drug-likeness (QED) is 0.846. The van der Waals surface area contributed by atoms with E-state index in [0.717, 1.165) is 28.5 Å². The predicted octanol–water partition coefficient (Wildman–Crippen LogP) is 2.33. The lowest BCUT2D eigenvalue weighted by Crippen LogP contribution is -2.38. The number of aromatic nitrogens is 3. The van der Waals surface area contributed by atoms with Gasteiger partial charge in [-0.25, -0.2) is 4.68 Å². The fraction of sp³-hybridized carbons (Fsp3) is 0.357. The molecule has 0 N–H and O–H groups in total. The van der Waals surface area contributed by atoms with Crippen LogP contribution in [0.1, 0.15) is 13.3 Å². The van der Waals surface area contributed by atoms with Crippen LogP contribution in [0.15, 0.2) is 34.3 Å². The Hall–Kier alpha value is -1.69. The minimum absolute atomic E-state index is 0.0742. The van der Waals surface area contributed by atoms with E-state index < -0.39 is 0 Å². The van der Waals surface area contributed by atoms with Gasteiger partial charge < -0.3 is 4.90 Å². The summed E-state index contributed by atoms with van der Waals surface area (Å²) in [7, 11) is 0. The van der Waals surface area contributed by atoms with E-state index in [1.807, 2.05) is 29.2 Å². The number of benzene rings is 1. The Morgan fingerprint density at radius 1 is 1.40 bits per heavy atom. The molecule has 0 spiro atoms. The molecule has 2 aromatic rings. The van der Waals surface area contributed by atoms with Crippen molar-refractivity contribution in [2.45, 2.75) is 19.9 Å². The molecule has 0 radical (unpaired) electrons. The molecule has 0 saturated heterocycles. The number of amides is 1. The maximum absolute atomic E-state index is 12.4. The van der Waals surface area contributed by atoms with Gasteiger partial charge >= 0.3 is 0 Å². The fourth-order valence-corrected chi connectivity index (χ4v) is 2.80. The molecule has 5 nitrogen and oxygen atoms in total.